The van der Waals surface area contributed by atoms with Gasteiger partial charge < -0.3 is 5.32 Å². The van der Waals surface area contributed by atoms with Gasteiger partial charge in [0.15, 0.2) is 0 Å². The van der Waals surface area contributed by atoms with Crippen molar-refractivity contribution in [3.8, 4) is 0 Å². The molecule has 0 bridgehead atoms. The van der Waals surface area contributed by atoms with Crippen LogP contribution >= 0.6 is 12.8 Å². The lowest BCUT2D eigenvalue weighted by molar-refractivity contribution is -0.105. The number of nitrogens with zero attached hydrogens (tertiary/aromatic N) is 2. The number of hydrogen-bond acceptors (Lipinski definition) is 4. The smallest absolute Gasteiger partial charge is 0.267 e. The van der Waals surface area contributed by atoms with Gasteiger partial charge in [-0.25, -0.2) is 4.98 Å². The Hall–Kier alpha value is -1.56. The highest BCUT2D eigenvalue weighted by atomic mass is 32.1. The Labute approximate surface area is 93.0 Å². The minimum absolute atomic E-state index is 0.238. The van der Waals surface area contributed by atoms with E-state index in [1.54, 1.807) is 12.3 Å². The van der Waals surface area contributed by atoms with E-state index < -0.39 is 0 Å². The molecule has 0 aliphatic heterocycles. The van der Waals surface area contributed by atoms with E-state index in [-0.39, 0.29) is 11.7 Å². The Kier molecular flexibility index (Phi) is 3.68. The maximum Gasteiger partial charge on any atom is 0.267 e. The first-order chi connectivity index (χ1) is 7.06. The molecule has 80 valence electrons. The first-order valence-electron chi connectivity index (χ1n) is 4.20. The van der Waals surface area contributed by atoms with E-state index in [2.05, 4.69) is 23.1 Å². The molecule has 0 aromatic carbocycles. The van der Waals surface area contributed by atoms with Crippen LogP contribution in [0.3, 0.4) is 0 Å². The summed E-state index contributed by atoms with van der Waals surface area (Å²) >= 11 is 3.89. The number of amides is 2. The zero-order valence-corrected chi connectivity index (χ0v) is 9.28. The number of anilines is 1. The Balaban J connectivity index is 3.17. The maximum atomic E-state index is 11.6. The summed E-state index contributed by atoms with van der Waals surface area (Å²) in [6.45, 7) is 1.81. The number of rotatable bonds is 3. The zero-order valence-electron chi connectivity index (χ0n) is 8.39. The molecule has 0 saturated carbocycles. The third kappa shape index (κ3) is 2.69. The predicted molar refractivity (Wildman–Crippen MR) is 59.7 cm³/mol. The van der Waals surface area contributed by atoms with E-state index in [0.717, 1.165) is 9.87 Å². The number of nitrogens with one attached hydrogen (secondary N) is 1. The van der Waals surface area contributed by atoms with Gasteiger partial charge in [0, 0.05) is 13.2 Å². The van der Waals surface area contributed by atoms with Gasteiger partial charge >= 0.3 is 0 Å². The molecule has 1 N–H and O–H groups in total. The van der Waals surface area contributed by atoms with E-state index in [4.69, 9.17) is 0 Å². The van der Waals surface area contributed by atoms with Crippen LogP contribution in [0.5, 0.6) is 0 Å². The van der Waals surface area contributed by atoms with Crippen molar-refractivity contribution in [2.45, 2.75) is 6.92 Å². The first kappa shape index (κ1) is 11.5. The van der Waals surface area contributed by atoms with E-state index in [1.807, 2.05) is 6.92 Å². The van der Waals surface area contributed by atoms with Crippen molar-refractivity contribution in [2.75, 3.05) is 12.4 Å². The molecule has 0 fully saturated rings. The van der Waals surface area contributed by atoms with Crippen molar-refractivity contribution in [1.29, 1.82) is 0 Å². The molecule has 2 amide bonds. The summed E-state index contributed by atoms with van der Waals surface area (Å²) in [6.07, 6.45) is 2.05. The Morgan fingerprint density at radius 2 is 2.33 bits per heavy atom. The van der Waals surface area contributed by atoms with Crippen LogP contribution in [-0.4, -0.2) is 28.7 Å². The quantitative estimate of drug-likeness (QED) is 0.593. The number of thiol groups is 1. The van der Waals surface area contributed by atoms with Crippen molar-refractivity contribution in [3.05, 3.63) is 23.4 Å². The Morgan fingerprint density at radius 1 is 1.67 bits per heavy atom. The first-order valence-corrected chi connectivity index (χ1v) is 4.60. The van der Waals surface area contributed by atoms with Crippen molar-refractivity contribution in [1.82, 2.24) is 9.29 Å². The molecule has 0 aliphatic carbocycles. The van der Waals surface area contributed by atoms with Crippen LogP contribution in [0.4, 0.5) is 5.82 Å². The minimum Gasteiger partial charge on any atom is -0.313 e. The van der Waals surface area contributed by atoms with Gasteiger partial charge in [-0.05, 0) is 18.6 Å². The van der Waals surface area contributed by atoms with Crippen LogP contribution in [-0.2, 0) is 4.79 Å². The van der Waals surface area contributed by atoms with Gasteiger partial charge in [-0.15, -0.1) is 0 Å². The van der Waals surface area contributed by atoms with Gasteiger partial charge in [-0.1, -0.05) is 12.8 Å². The fraction of sp³-hybridized carbons (Fsp3) is 0.222. The predicted octanol–water partition coefficient (Wildman–Crippen LogP) is 0.875. The summed E-state index contributed by atoms with van der Waals surface area (Å²) in [4.78, 5) is 25.9. The van der Waals surface area contributed by atoms with Gasteiger partial charge in [0.25, 0.3) is 5.91 Å². The molecule has 0 aliphatic rings. The second-order valence-corrected chi connectivity index (χ2v) is 3.60. The molecule has 0 atom stereocenters. The van der Waals surface area contributed by atoms with Gasteiger partial charge in [0.05, 0.1) is 5.56 Å². The number of hydrogen-bond donors (Lipinski definition) is 2. The lowest BCUT2D eigenvalue weighted by Gasteiger charge is -2.11. The lowest BCUT2D eigenvalue weighted by atomic mass is 10.2. The van der Waals surface area contributed by atoms with Gasteiger partial charge in [-0.3, -0.25) is 13.9 Å². The average molecular weight is 225 g/mol. The molecular formula is C9H11N3O2S. The topological polar surface area (TPSA) is 62.3 Å². The van der Waals surface area contributed by atoms with Gasteiger partial charge in [-0.2, -0.15) is 0 Å². The minimum atomic E-state index is -0.320. The summed E-state index contributed by atoms with van der Waals surface area (Å²) in [5, 5.41) is 2.37. The Morgan fingerprint density at radius 3 is 2.87 bits per heavy atom. The molecule has 0 unspecified atom stereocenters. The largest absolute Gasteiger partial charge is 0.313 e. The van der Waals surface area contributed by atoms with Crippen molar-refractivity contribution in [3.63, 3.8) is 0 Å². The molecule has 6 heteroatoms. The van der Waals surface area contributed by atoms with Crippen molar-refractivity contribution in [2.24, 2.45) is 0 Å². The number of pyridine rings is 1. The molecule has 1 rings (SSSR count). The molecule has 1 aromatic rings. The summed E-state index contributed by atoms with van der Waals surface area (Å²) < 4.78 is 1.13. The van der Waals surface area contributed by atoms with Crippen LogP contribution < -0.4 is 5.32 Å². The molecule has 0 saturated heterocycles. The summed E-state index contributed by atoms with van der Waals surface area (Å²) in [5.74, 6) is -0.0830. The highest BCUT2D eigenvalue weighted by Gasteiger charge is 2.14. The number of carbonyl (C=O) groups is 2. The molecule has 1 heterocycles. The van der Waals surface area contributed by atoms with Crippen LogP contribution in [0, 0.1) is 6.92 Å². The number of aryl methyl sites for hydroxylation is 1. The van der Waals surface area contributed by atoms with Crippen LogP contribution in [0.2, 0.25) is 0 Å². The van der Waals surface area contributed by atoms with Crippen LogP contribution in [0.1, 0.15) is 15.9 Å². The number of aromatic nitrogens is 1. The summed E-state index contributed by atoms with van der Waals surface area (Å²) in [6, 6.07) is 1.65. The highest BCUT2D eigenvalue weighted by molar-refractivity contribution is 7.78. The lowest BCUT2D eigenvalue weighted by Crippen LogP contribution is -2.19. The van der Waals surface area contributed by atoms with Gasteiger partial charge in [0.2, 0.25) is 6.41 Å². The maximum absolute atomic E-state index is 11.6. The van der Waals surface area contributed by atoms with Gasteiger partial charge in [0.1, 0.15) is 5.82 Å². The van der Waals surface area contributed by atoms with E-state index in [1.165, 1.54) is 7.05 Å². The SMILES string of the molecule is Cc1cnc(NC=O)c(C(=O)N(C)S)c1. The van der Waals surface area contributed by atoms with Crippen molar-refractivity contribution < 1.29 is 9.59 Å². The fourth-order valence-corrected chi connectivity index (χ4v) is 1.19. The average Bonchev–Trinajstić information content (AvgIpc) is 2.20. The third-order valence-corrected chi connectivity index (χ3v) is 1.93. The highest BCUT2D eigenvalue weighted by Crippen LogP contribution is 2.15. The third-order valence-electron chi connectivity index (χ3n) is 1.74. The standard InChI is InChI=1S/C9H11N3O2S/c1-6-3-7(9(14)12(2)15)8(10-4-6)11-5-13/h3-5,15H,1-2H3,(H,10,11,13). The normalized spacial score (nSPS) is 9.53. The van der Waals surface area contributed by atoms with E-state index in [9.17, 15) is 9.59 Å². The van der Waals surface area contributed by atoms with E-state index in [0.29, 0.717) is 12.0 Å². The van der Waals surface area contributed by atoms with Crippen molar-refractivity contribution >= 4 is 30.9 Å². The van der Waals surface area contributed by atoms with Crippen LogP contribution in [0.15, 0.2) is 12.3 Å². The number of carbonyl (C=O) groups excluding carboxylic acids is 2. The summed E-state index contributed by atoms with van der Waals surface area (Å²) in [7, 11) is 1.51. The monoisotopic (exact) mass is 225 g/mol. The summed E-state index contributed by atoms with van der Waals surface area (Å²) in [5.41, 5.74) is 1.16. The second kappa shape index (κ2) is 4.79. The zero-order chi connectivity index (χ0) is 11.4. The molecule has 5 nitrogen and oxygen atoms in total. The molecule has 0 radical (unpaired) electrons. The Bertz CT molecular complexity index is 393. The molecule has 0 spiro atoms. The molecular weight excluding hydrogens is 214 g/mol. The van der Waals surface area contributed by atoms with E-state index >= 15 is 0 Å². The van der Waals surface area contributed by atoms with Crippen LogP contribution in [0.25, 0.3) is 0 Å². The molecule has 1 aromatic heterocycles. The fourth-order valence-electron chi connectivity index (χ4n) is 1.08. The second-order valence-electron chi connectivity index (χ2n) is 3.00. The molecule has 15 heavy (non-hydrogen) atoms.